The predicted molar refractivity (Wildman–Crippen MR) is 89.4 cm³/mol. The van der Waals surface area contributed by atoms with Gasteiger partial charge >= 0.3 is 0 Å². The van der Waals surface area contributed by atoms with Gasteiger partial charge in [-0.3, -0.25) is 4.79 Å². The zero-order valence-corrected chi connectivity index (χ0v) is 14.9. The SMILES string of the molecule is COc1ccc(NC(=O)CN(CC(C)C)S(C)(=O)=O)c(OC)c1. The maximum atomic E-state index is 12.2. The van der Waals surface area contributed by atoms with Crippen molar-refractivity contribution < 1.29 is 22.7 Å². The molecule has 0 saturated heterocycles. The molecule has 1 aromatic carbocycles. The number of sulfonamides is 1. The third-order valence-corrected chi connectivity index (χ3v) is 4.26. The lowest BCUT2D eigenvalue weighted by atomic mass is 10.2. The van der Waals surface area contributed by atoms with Crippen molar-refractivity contribution in [2.45, 2.75) is 13.8 Å². The molecule has 0 aliphatic heterocycles. The molecule has 0 aliphatic rings. The Labute approximate surface area is 137 Å². The van der Waals surface area contributed by atoms with Gasteiger partial charge in [0, 0.05) is 12.6 Å². The first-order chi connectivity index (χ1) is 10.7. The Morgan fingerprint density at radius 3 is 2.39 bits per heavy atom. The van der Waals surface area contributed by atoms with Crippen molar-refractivity contribution >= 4 is 21.6 Å². The van der Waals surface area contributed by atoms with Gasteiger partial charge in [-0.2, -0.15) is 4.31 Å². The molecule has 0 heterocycles. The number of carbonyl (C=O) groups excluding carboxylic acids is 1. The summed E-state index contributed by atoms with van der Waals surface area (Å²) in [5, 5.41) is 2.66. The van der Waals surface area contributed by atoms with Gasteiger partial charge in [-0.1, -0.05) is 13.8 Å². The third-order valence-electron chi connectivity index (χ3n) is 3.04. The number of amides is 1. The number of anilines is 1. The van der Waals surface area contributed by atoms with E-state index >= 15 is 0 Å². The number of nitrogens with one attached hydrogen (secondary N) is 1. The molecule has 0 radical (unpaired) electrons. The van der Waals surface area contributed by atoms with Crippen LogP contribution in [0.25, 0.3) is 0 Å². The van der Waals surface area contributed by atoms with Gasteiger partial charge in [-0.15, -0.1) is 0 Å². The molecule has 0 aromatic heterocycles. The minimum absolute atomic E-state index is 0.119. The summed E-state index contributed by atoms with van der Waals surface area (Å²) in [5.74, 6) is 0.720. The molecule has 0 fully saturated rings. The number of hydrogen-bond donors (Lipinski definition) is 1. The Bertz CT molecular complexity index is 643. The molecule has 0 unspecified atom stereocenters. The first kappa shape index (κ1) is 19.2. The fourth-order valence-corrected chi connectivity index (χ4v) is 2.90. The summed E-state index contributed by atoms with van der Waals surface area (Å²) in [6.45, 7) is 3.82. The van der Waals surface area contributed by atoms with Crippen molar-refractivity contribution in [3.63, 3.8) is 0 Å². The molecule has 7 nitrogen and oxygen atoms in total. The summed E-state index contributed by atoms with van der Waals surface area (Å²) in [7, 11) is -0.444. The predicted octanol–water partition coefficient (Wildman–Crippen LogP) is 1.56. The topological polar surface area (TPSA) is 84.9 Å². The number of ether oxygens (including phenoxy) is 2. The fourth-order valence-electron chi connectivity index (χ4n) is 1.98. The fraction of sp³-hybridized carbons (Fsp3) is 0.533. The van der Waals surface area contributed by atoms with Gasteiger partial charge in [0.15, 0.2) is 0 Å². The van der Waals surface area contributed by atoms with Gasteiger partial charge in [0.2, 0.25) is 15.9 Å². The van der Waals surface area contributed by atoms with Crippen LogP contribution in [-0.2, 0) is 14.8 Å². The van der Waals surface area contributed by atoms with E-state index in [0.29, 0.717) is 17.2 Å². The first-order valence-electron chi connectivity index (χ1n) is 7.14. The summed E-state index contributed by atoms with van der Waals surface area (Å²) < 4.78 is 35.0. The highest BCUT2D eigenvalue weighted by atomic mass is 32.2. The summed E-state index contributed by atoms with van der Waals surface area (Å²) in [5.41, 5.74) is 0.455. The molecule has 1 amide bonds. The van der Waals surface area contributed by atoms with Crippen LogP contribution in [0.1, 0.15) is 13.8 Å². The maximum Gasteiger partial charge on any atom is 0.239 e. The van der Waals surface area contributed by atoms with Crippen molar-refractivity contribution in [1.29, 1.82) is 0 Å². The smallest absolute Gasteiger partial charge is 0.239 e. The molecule has 1 rings (SSSR count). The van der Waals surface area contributed by atoms with Crippen LogP contribution in [0.15, 0.2) is 18.2 Å². The van der Waals surface area contributed by atoms with Crippen molar-refractivity contribution in [2.75, 3.05) is 38.9 Å². The molecule has 0 aliphatic carbocycles. The van der Waals surface area contributed by atoms with E-state index in [9.17, 15) is 13.2 Å². The Morgan fingerprint density at radius 1 is 1.26 bits per heavy atom. The molecule has 0 bridgehead atoms. The highest BCUT2D eigenvalue weighted by Gasteiger charge is 2.21. The zero-order chi connectivity index (χ0) is 17.6. The minimum atomic E-state index is -3.45. The molecule has 0 atom stereocenters. The summed E-state index contributed by atoms with van der Waals surface area (Å²) >= 11 is 0. The van der Waals surface area contributed by atoms with E-state index in [0.717, 1.165) is 10.6 Å². The minimum Gasteiger partial charge on any atom is -0.497 e. The Hall–Kier alpha value is -1.80. The van der Waals surface area contributed by atoms with E-state index in [2.05, 4.69) is 5.32 Å². The third kappa shape index (κ3) is 6.07. The van der Waals surface area contributed by atoms with Crippen LogP contribution in [0.5, 0.6) is 11.5 Å². The molecule has 0 saturated carbocycles. The number of benzene rings is 1. The standard InChI is InChI=1S/C15H24N2O5S/c1-11(2)9-17(23(5,19)20)10-15(18)16-13-7-6-12(21-3)8-14(13)22-4/h6-8,11H,9-10H2,1-5H3,(H,16,18). The first-order valence-corrected chi connectivity index (χ1v) is 8.99. The van der Waals surface area contributed by atoms with Crippen LogP contribution < -0.4 is 14.8 Å². The van der Waals surface area contributed by atoms with Crippen molar-refractivity contribution in [3.05, 3.63) is 18.2 Å². The van der Waals surface area contributed by atoms with Crippen molar-refractivity contribution in [1.82, 2.24) is 4.31 Å². The average Bonchev–Trinajstić information content (AvgIpc) is 2.45. The van der Waals surface area contributed by atoms with Gasteiger partial charge in [0.1, 0.15) is 11.5 Å². The van der Waals surface area contributed by atoms with Gasteiger partial charge < -0.3 is 14.8 Å². The summed E-state index contributed by atoms with van der Waals surface area (Å²) in [6.07, 6.45) is 1.09. The lowest BCUT2D eigenvalue weighted by Crippen LogP contribution is -2.39. The van der Waals surface area contributed by atoms with Crippen LogP contribution in [0, 0.1) is 5.92 Å². The molecule has 0 spiro atoms. The Morgan fingerprint density at radius 2 is 1.91 bits per heavy atom. The highest BCUT2D eigenvalue weighted by Crippen LogP contribution is 2.28. The van der Waals surface area contributed by atoms with Crippen LogP contribution in [0.4, 0.5) is 5.69 Å². The van der Waals surface area contributed by atoms with E-state index in [4.69, 9.17) is 9.47 Å². The number of carbonyl (C=O) groups is 1. The largest absolute Gasteiger partial charge is 0.497 e. The summed E-state index contributed by atoms with van der Waals surface area (Å²) in [6, 6.07) is 4.96. The molecule has 23 heavy (non-hydrogen) atoms. The lowest BCUT2D eigenvalue weighted by Gasteiger charge is -2.21. The number of hydrogen-bond acceptors (Lipinski definition) is 5. The highest BCUT2D eigenvalue weighted by molar-refractivity contribution is 7.88. The van der Waals surface area contributed by atoms with Crippen molar-refractivity contribution in [3.8, 4) is 11.5 Å². The van der Waals surface area contributed by atoms with Crippen LogP contribution in [0.3, 0.4) is 0 Å². The zero-order valence-electron chi connectivity index (χ0n) is 14.1. The second-order valence-electron chi connectivity index (χ2n) is 5.56. The van der Waals surface area contributed by atoms with Gasteiger partial charge in [0.05, 0.1) is 32.7 Å². The average molecular weight is 344 g/mol. The van der Waals surface area contributed by atoms with Gasteiger partial charge in [-0.25, -0.2) is 8.42 Å². The van der Waals surface area contributed by atoms with Gasteiger partial charge in [0.25, 0.3) is 0 Å². The lowest BCUT2D eigenvalue weighted by molar-refractivity contribution is -0.116. The second-order valence-corrected chi connectivity index (χ2v) is 7.55. The van der Waals surface area contributed by atoms with E-state index in [1.165, 1.54) is 14.2 Å². The van der Waals surface area contributed by atoms with E-state index in [1.54, 1.807) is 18.2 Å². The number of methoxy groups -OCH3 is 2. The number of rotatable bonds is 8. The second kappa shape index (κ2) is 8.16. The van der Waals surface area contributed by atoms with Crippen LogP contribution in [0.2, 0.25) is 0 Å². The van der Waals surface area contributed by atoms with E-state index in [-0.39, 0.29) is 19.0 Å². The normalized spacial score (nSPS) is 11.6. The molecular formula is C15H24N2O5S. The molecule has 8 heteroatoms. The molecule has 1 aromatic rings. The molecular weight excluding hydrogens is 320 g/mol. The van der Waals surface area contributed by atoms with Crippen molar-refractivity contribution in [2.24, 2.45) is 5.92 Å². The Kier molecular flexibility index (Phi) is 6.83. The van der Waals surface area contributed by atoms with Gasteiger partial charge in [-0.05, 0) is 18.1 Å². The van der Waals surface area contributed by atoms with E-state index in [1.807, 2.05) is 13.8 Å². The molecule has 1 N–H and O–H groups in total. The quantitative estimate of drug-likeness (QED) is 0.773. The molecule has 130 valence electrons. The van der Waals surface area contributed by atoms with E-state index < -0.39 is 15.9 Å². The monoisotopic (exact) mass is 344 g/mol. The maximum absolute atomic E-state index is 12.2. The van der Waals surface area contributed by atoms with Crippen LogP contribution >= 0.6 is 0 Å². The van der Waals surface area contributed by atoms with Crippen LogP contribution in [-0.4, -0.2) is 52.2 Å². The summed E-state index contributed by atoms with van der Waals surface area (Å²) in [4.78, 5) is 12.2. The number of nitrogens with zero attached hydrogens (tertiary/aromatic N) is 1. The Balaban J connectivity index is 2.86.